The van der Waals surface area contributed by atoms with Gasteiger partial charge in [-0.1, -0.05) is 36.4 Å². The van der Waals surface area contributed by atoms with Crippen LogP contribution >= 0.6 is 0 Å². The van der Waals surface area contributed by atoms with Gasteiger partial charge in [-0.3, -0.25) is 4.79 Å². The van der Waals surface area contributed by atoms with Crippen LogP contribution in [0.1, 0.15) is 35.8 Å². The topological polar surface area (TPSA) is 66.5 Å². The Bertz CT molecular complexity index is 804. The van der Waals surface area contributed by atoms with E-state index in [4.69, 9.17) is 0 Å². The molecule has 1 amide bonds. The summed E-state index contributed by atoms with van der Waals surface area (Å²) in [6.45, 7) is 4.20. The van der Waals surface area contributed by atoms with Gasteiger partial charge in [-0.15, -0.1) is 0 Å². The highest BCUT2D eigenvalue weighted by molar-refractivity contribution is 7.89. The molecule has 0 heterocycles. The van der Waals surface area contributed by atoms with Crippen molar-refractivity contribution in [1.82, 2.24) is 9.62 Å². The number of nitrogens with zero attached hydrogens (tertiary/aromatic N) is 1. The smallest absolute Gasteiger partial charge is 0.253 e. The predicted octanol–water partition coefficient (Wildman–Crippen LogP) is 2.82. The highest BCUT2D eigenvalue weighted by Crippen LogP contribution is 2.18. The first-order chi connectivity index (χ1) is 11.3. The van der Waals surface area contributed by atoms with Crippen molar-refractivity contribution in [2.24, 2.45) is 0 Å². The largest absolute Gasteiger partial charge is 0.342 e. The Morgan fingerprint density at radius 2 is 1.79 bits per heavy atom. The summed E-state index contributed by atoms with van der Waals surface area (Å²) < 4.78 is 27.8. The van der Waals surface area contributed by atoms with E-state index in [0.717, 1.165) is 5.56 Å². The van der Waals surface area contributed by atoms with Crippen LogP contribution in [0.4, 0.5) is 0 Å². The first-order valence-electron chi connectivity index (χ1n) is 7.78. The van der Waals surface area contributed by atoms with E-state index in [1.807, 2.05) is 37.3 Å². The van der Waals surface area contributed by atoms with Crippen molar-refractivity contribution < 1.29 is 13.2 Å². The third-order valence-corrected chi connectivity index (χ3v) is 5.38. The molecule has 128 valence electrons. The van der Waals surface area contributed by atoms with Gasteiger partial charge in [-0.05, 0) is 37.6 Å². The average Bonchev–Trinajstić information content (AvgIpc) is 2.61. The summed E-state index contributed by atoms with van der Waals surface area (Å²) in [5.41, 5.74) is 1.23. The lowest BCUT2D eigenvalue weighted by molar-refractivity contribution is 0.0802. The second kappa shape index (κ2) is 7.59. The molecule has 0 spiro atoms. The van der Waals surface area contributed by atoms with Crippen LogP contribution < -0.4 is 4.72 Å². The molecular formula is C18H22N2O3S. The fourth-order valence-electron chi connectivity index (χ4n) is 2.27. The fourth-order valence-corrected chi connectivity index (χ4v) is 3.55. The van der Waals surface area contributed by atoms with Crippen LogP contribution in [0.25, 0.3) is 0 Å². The van der Waals surface area contributed by atoms with E-state index in [1.165, 1.54) is 17.0 Å². The second-order valence-corrected chi connectivity index (χ2v) is 7.31. The number of carbonyl (C=O) groups is 1. The summed E-state index contributed by atoms with van der Waals surface area (Å²) in [5, 5.41) is 0. The Morgan fingerprint density at radius 1 is 1.12 bits per heavy atom. The minimum Gasteiger partial charge on any atom is -0.342 e. The van der Waals surface area contributed by atoms with Crippen LogP contribution in [-0.4, -0.2) is 32.8 Å². The molecule has 2 aromatic rings. The quantitative estimate of drug-likeness (QED) is 0.875. The Labute approximate surface area is 143 Å². The summed E-state index contributed by atoms with van der Waals surface area (Å²) >= 11 is 0. The Morgan fingerprint density at radius 3 is 2.42 bits per heavy atom. The first-order valence-corrected chi connectivity index (χ1v) is 9.26. The van der Waals surface area contributed by atoms with Gasteiger partial charge in [-0.25, -0.2) is 13.1 Å². The van der Waals surface area contributed by atoms with Gasteiger partial charge in [0.05, 0.1) is 4.90 Å². The number of carbonyl (C=O) groups excluding carboxylic acids is 1. The third-order valence-electron chi connectivity index (χ3n) is 3.84. The molecule has 0 aliphatic heterocycles. The van der Waals surface area contributed by atoms with Crippen molar-refractivity contribution in [3.63, 3.8) is 0 Å². The number of benzene rings is 2. The minimum atomic E-state index is -3.72. The van der Waals surface area contributed by atoms with Gasteiger partial charge < -0.3 is 4.90 Å². The van der Waals surface area contributed by atoms with Gasteiger partial charge in [-0.2, -0.15) is 0 Å². The van der Waals surface area contributed by atoms with E-state index < -0.39 is 10.0 Å². The van der Waals surface area contributed by atoms with Gasteiger partial charge in [0.1, 0.15) is 0 Å². The number of sulfonamides is 1. The van der Waals surface area contributed by atoms with Crippen LogP contribution in [0.5, 0.6) is 0 Å². The molecule has 5 nitrogen and oxygen atoms in total. The monoisotopic (exact) mass is 346 g/mol. The van der Waals surface area contributed by atoms with Crippen LogP contribution in [-0.2, 0) is 10.0 Å². The molecule has 2 rings (SSSR count). The zero-order valence-electron chi connectivity index (χ0n) is 14.1. The van der Waals surface area contributed by atoms with Crippen molar-refractivity contribution in [2.75, 3.05) is 13.6 Å². The van der Waals surface area contributed by atoms with E-state index in [1.54, 1.807) is 26.1 Å². The van der Waals surface area contributed by atoms with Gasteiger partial charge in [0, 0.05) is 25.2 Å². The second-order valence-electron chi connectivity index (χ2n) is 5.60. The van der Waals surface area contributed by atoms with E-state index in [9.17, 15) is 13.2 Å². The predicted molar refractivity (Wildman–Crippen MR) is 94.3 cm³/mol. The molecule has 0 aliphatic rings. The molecule has 24 heavy (non-hydrogen) atoms. The van der Waals surface area contributed by atoms with E-state index in [-0.39, 0.29) is 16.8 Å². The number of hydrogen-bond donors (Lipinski definition) is 1. The number of amides is 1. The van der Waals surface area contributed by atoms with Crippen molar-refractivity contribution in [3.8, 4) is 0 Å². The van der Waals surface area contributed by atoms with Gasteiger partial charge in [0.25, 0.3) is 5.91 Å². The molecule has 0 fully saturated rings. The zero-order valence-corrected chi connectivity index (χ0v) is 14.9. The SMILES string of the molecule is CCN(C)C(=O)c1cccc(S(=O)(=O)NC(C)c2ccccc2)c1. The molecule has 0 aliphatic carbocycles. The summed E-state index contributed by atoms with van der Waals surface area (Å²) in [4.78, 5) is 13.8. The van der Waals surface area contributed by atoms with Gasteiger partial charge in [0.2, 0.25) is 10.0 Å². The molecule has 6 heteroatoms. The van der Waals surface area contributed by atoms with Crippen LogP contribution in [0.3, 0.4) is 0 Å². The highest BCUT2D eigenvalue weighted by atomic mass is 32.2. The van der Waals surface area contributed by atoms with Crippen molar-refractivity contribution in [3.05, 3.63) is 65.7 Å². The molecule has 0 aromatic heterocycles. The molecular weight excluding hydrogens is 324 g/mol. The lowest BCUT2D eigenvalue weighted by Crippen LogP contribution is -2.28. The van der Waals surface area contributed by atoms with Crippen LogP contribution in [0.15, 0.2) is 59.5 Å². The molecule has 0 radical (unpaired) electrons. The van der Waals surface area contributed by atoms with Gasteiger partial charge in [0.15, 0.2) is 0 Å². The maximum absolute atomic E-state index is 12.6. The van der Waals surface area contributed by atoms with Crippen LogP contribution in [0, 0.1) is 0 Å². The molecule has 0 saturated heterocycles. The molecule has 0 bridgehead atoms. The summed E-state index contributed by atoms with van der Waals surface area (Å²) in [5.74, 6) is -0.203. The standard InChI is InChI=1S/C18H22N2O3S/c1-4-20(3)18(21)16-11-8-12-17(13-16)24(22,23)19-14(2)15-9-6-5-7-10-15/h5-14,19H,4H2,1-3H3. The molecule has 1 N–H and O–H groups in total. The number of hydrogen-bond acceptors (Lipinski definition) is 3. The van der Waals surface area contributed by atoms with E-state index in [2.05, 4.69) is 4.72 Å². The summed E-state index contributed by atoms with van der Waals surface area (Å²) in [7, 11) is -2.04. The van der Waals surface area contributed by atoms with Gasteiger partial charge >= 0.3 is 0 Å². The Balaban J connectivity index is 2.25. The average molecular weight is 346 g/mol. The summed E-state index contributed by atoms with van der Waals surface area (Å²) in [6.07, 6.45) is 0. The fraction of sp³-hybridized carbons (Fsp3) is 0.278. The maximum atomic E-state index is 12.6. The zero-order chi connectivity index (χ0) is 17.7. The number of nitrogens with one attached hydrogen (secondary N) is 1. The Kier molecular flexibility index (Phi) is 5.75. The normalized spacial score (nSPS) is 12.6. The van der Waals surface area contributed by atoms with E-state index >= 15 is 0 Å². The highest BCUT2D eigenvalue weighted by Gasteiger charge is 2.20. The molecule has 1 atom stereocenters. The lowest BCUT2D eigenvalue weighted by atomic mass is 10.1. The molecule has 0 saturated carbocycles. The Hall–Kier alpha value is -2.18. The third kappa shape index (κ3) is 4.21. The number of rotatable bonds is 6. The minimum absolute atomic E-state index is 0.0839. The lowest BCUT2D eigenvalue weighted by Gasteiger charge is -2.17. The van der Waals surface area contributed by atoms with Crippen molar-refractivity contribution in [1.29, 1.82) is 0 Å². The molecule has 1 unspecified atom stereocenters. The van der Waals surface area contributed by atoms with Crippen LogP contribution in [0.2, 0.25) is 0 Å². The molecule has 2 aromatic carbocycles. The summed E-state index contributed by atoms with van der Waals surface area (Å²) in [6, 6.07) is 15.1. The maximum Gasteiger partial charge on any atom is 0.253 e. The van der Waals surface area contributed by atoms with Crippen molar-refractivity contribution >= 4 is 15.9 Å². The van der Waals surface area contributed by atoms with E-state index in [0.29, 0.717) is 12.1 Å². The van der Waals surface area contributed by atoms with Crippen molar-refractivity contribution in [2.45, 2.75) is 24.8 Å². The first kappa shape index (κ1) is 18.2.